The highest BCUT2D eigenvalue weighted by molar-refractivity contribution is 7.80. The first-order valence-corrected chi connectivity index (χ1v) is 7.39. The number of nitrogens with zero attached hydrogens (tertiary/aromatic N) is 1. The van der Waals surface area contributed by atoms with Crippen LogP contribution in [0.15, 0.2) is 36.8 Å². The zero-order chi connectivity index (χ0) is 15.8. The van der Waals surface area contributed by atoms with Crippen molar-refractivity contribution in [2.24, 2.45) is 0 Å². The number of carbonyl (C=O) groups is 1. The highest BCUT2D eigenvalue weighted by atomic mass is 32.1. The topological polar surface area (TPSA) is 79.0 Å². The molecule has 0 unspecified atom stereocenters. The molecule has 22 heavy (non-hydrogen) atoms. The van der Waals surface area contributed by atoms with Crippen molar-refractivity contribution in [2.75, 3.05) is 18.5 Å². The molecule has 0 saturated carbocycles. The number of esters is 1. The van der Waals surface area contributed by atoms with E-state index in [2.05, 4.69) is 20.6 Å². The van der Waals surface area contributed by atoms with Crippen LogP contribution in [0.25, 0.3) is 0 Å². The number of rotatable bonds is 6. The summed E-state index contributed by atoms with van der Waals surface area (Å²) >= 11 is 5.22. The van der Waals surface area contributed by atoms with Crippen LogP contribution in [-0.2, 0) is 11.2 Å². The number of imidazole rings is 1. The van der Waals surface area contributed by atoms with Gasteiger partial charge in [0.25, 0.3) is 0 Å². The zero-order valence-electron chi connectivity index (χ0n) is 12.3. The lowest BCUT2D eigenvalue weighted by Gasteiger charge is -2.10. The minimum Gasteiger partial charge on any atom is -0.462 e. The molecule has 1 aromatic heterocycles. The number of nitrogens with one attached hydrogen (secondary N) is 3. The molecule has 0 spiro atoms. The molecular weight excluding hydrogens is 300 g/mol. The number of hydrogen-bond acceptors (Lipinski definition) is 4. The Morgan fingerprint density at radius 3 is 2.77 bits per heavy atom. The van der Waals surface area contributed by atoms with Crippen LogP contribution in [0.2, 0.25) is 0 Å². The van der Waals surface area contributed by atoms with Crippen LogP contribution in [0.1, 0.15) is 23.0 Å². The monoisotopic (exact) mass is 318 g/mol. The van der Waals surface area contributed by atoms with Gasteiger partial charge in [-0.1, -0.05) is 0 Å². The van der Waals surface area contributed by atoms with Gasteiger partial charge in [-0.3, -0.25) is 0 Å². The molecule has 0 aliphatic heterocycles. The molecule has 1 heterocycles. The van der Waals surface area contributed by atoms with Crippen molar-refractivity contribution in [1.29, 1.82) is 0 Å². The van der Waals surface area contributed by atoms with E-state index in [-0.39, 0.29) is 5.97 Å². The number of thiocarbonyl (C=S) groups is 1. The van der Waals surface area contributed by atoms with E-state index in [0.717, 1.165) is 17.8 Å². The minimum absolute atomic E-state index is 0.325. The van der Waals surface area contributed by atoms with E-state index < -0.39 is 0 Å². The quantitative estimate of drug-likeness (QED) is 0.559. The maximum Gasteiger partial charge on any atom is 0.338 e. The molecule has 0 atom stereocenters. The van der Waals surface area contributed by atoms with Gasteiger partial charge in [-0.15, -0.1) is 0 Å². The predicted octanol–water partition coefficient (Wildman–Crippen LogP) is 2.12. The van der Waals surface area contributed by atoms with Crippen LogP contribution in [-0.4, -0.2) is 34.2 Å². The highest BCUT2D eigenvalue weighted by Crippen LogP contribution is 2.10. The summed E-state index contributed by atoms with van der Waals surface area (Å²) in [4.78, 5) is 18.5. The molecular formula is C15H18N4O2S. The fraction of sp³-hybridized carbons (Fsp3) is 0.267. The summed E-state index contributed by atoms with van der Waals surface area (Å²) in [6.07, 6.45) is 4.24. The number of aromatic nitrogens is 2. The second-order valence-corrected chi connectivity index (χ2v) is 4.91. The Balaban J connectivity index is 1.77. The largest absolute Gasteiger partial charge is 0.462 e. The third-order valence-electron chi connectivity index (χ3n) is 2.89. The zero-order valence-corrected chi connectivity index (χ0v) is 13.1. The third-order valence-corrected chi connectivity index (χ3v) is 3.14. The minimum atomic E-state index is -0.325. The average Bonchev–Trinajstić information content (AvgIpc) is 3.01. The summed E-state index contributed by atoms with van der Waals surface area (Å²) in [5, 5.41) is 6.70. The average molecular weight is 318 g/mol. The Morgan fingerprint density at radius 1 is 1.36 bits per heavy atom. The van der Waals surface area contributed by atoms with Crippen molar-refractivity contribution in [3.8, 4) is 0 Å². The molecule has 2 rings (SSSR count). The van der Waals surface area contributed by atoms with Crippen LogP contribution in [0.5, 0.6) is 0 Å². The molecule has 3 N–H and O–H groups in total. The Kier molecular flexibility index (Phi) is 5.91. The Morgan fingerprint density at radius 2 is 2.14 bits per heavy atom. The lowest BCUT2D eigenvalue weighted by Crippen LogP contribution is -2.30. The lowest BCUT2D eigenvalue weighted by atomic mass is 10.2. The van der Waals surface area contributed by atoms with Crippen LogP contribution in [0.4, 0.5) is 5.69 Å². The number of anilines is 1. The number of carbonyl (C=O) groups excluding carboxylic acids is 1. The molecule has 0 aliphatic rings. The highest BCUT2D eigenvalue weighted by Gasteiger charge is 2.06. The molecule has 0 radical (unpaired) electrons. The second-order valence-electron chi connectivity index (χ2n) is 4.51. The van der Waals surface area contributed by atoms with Crippen molar-refractivity contribution in [2.45, 2.75) is 13.3 Å². The third kappa shape index (κ3) is 4.85. The van der Waals surface area contributed by atoms with E-state index in [1.807, 2.05) is 0 Å². The maximum absolute atomic E-state index is 11.5. The van der Waals surface area contributed by atoms with E-state index in [0.29, 0.717) is 23.8 Å². The maximum atomic E-state index is 11.5. The summed E-state index contributed by atoms with van der Waals surface area (Å²) in [7, 11) is 0. The van der Waals surface area contributed by atoms with Crippen molar-refractivity contribution in [3.05, 3.63) is 48.0 Å². The number of hydrogen-bond donors (Lipinski definition) is 3. The predicted molar refractivity (Wildman–Crippen MR) is 88.9 cm³/mol. The molecule has 0 saturated heterocycles. The number of aromatic amines is 1. The fourth-order valence-corrected chi connectivity index (χ4v) is 2.03. The summed E-state index contributed by atoms with van der Waals surface area (Å²) in [5.41, 5.74) is 2.38. The van der Waals surface area contributed by atoms with Crippen molar-refractivity contribution >= 4 is 29.0 Å². The van der Waals surface area contributed by atoms with Gasteiger partial charge in [0.1, 0.15) is 0 Å². The molecule has 116 valence electrons. The molecule has 6 nitrogen and oxygen atoms in total. The van der Waals surface area contributed by atoms with Crippen molar-refractivity contribution in [3.63, 3.8) is 0 Å². The van der Waals surface area contributed by atoms with Crippen LogP contribution in [0, 0.1) is 0 Å². The van der Waals surface area contributed by atoms with Gasteiger partial charge in [-0.2, -0.15) is 0 Å². The van der Waals surface area contributed by atoms with E-state index in [1.54, 1.807) is 43.7 Å². The van der Waals surface area contributed by atoms with Gasteiger partial charge in [-0.05, 0) is 43.4 Å². The normalized spacial score (nSPS) is 10.0. The van der Waals surface area contributed by atoms with E-state index >= 15 is 0 Å². The first-order valence-electron chi connectivity index (χ1n) is 6.98. The van der Waals surface area contributed by atoms with Gasteiger partial charge in [0.15, 0.2) is 5.11 Å². The van der Waals surface area contributed by atoms with E-state index in [9.17, 15) is 4.79 Å². The number of benzene rings is 1. The van der Waals surface area contributed by atoms with Crippen molar-refractivity contribution in [1.82, 2.24) is 15.3 Å². The summed E-state index contributed by atoms with van der Waals surface area (Å²) in [6, 6.07) is 6.98. The summed E-state index contributed by atoms with van der Waals surface area (Å²) in [5.74, 6) is -0.325. The van der Waals surface area contributed by atoms with Gasteiger partial charge in [0.2, 0.25) is 0 Å². The van der Waals surface area contributed by atoms with Gasteiger partial charge >= 0.3 is 5.97 Å². The number of H-pyrrole nitrogens is 1. The van der Waals surface area contributed by atoms with E-state index in [1.165, 1.54) is 0 Å². The molecule has 0 aliphatic carbocycles. The summed E-state index contributed by atoms with van der Waals surface area (Å²) in [6.45, 7) is 2.85. The number of ether oxygens (including phenoxy) is 1. The second kappa shape index (κ2) is 8.14. The van der Waals surface area contributed by atoms with Gasteiger partial charge in [0.05, 0.1) is 18.5 Å². The van der Waals surface area contributed by atoms with Crippen LogP contribution < -0.4 is 10.6 Å². The summed E-state index contributed by atoms with van der Waals surface area (Å²) < 4.78 is 4.93. The lowest BCUT2D eigenvalue weighted by molar-refractivity contribution is 0.0526. The first-order chi connectivity index (χ1) is 10.7. The SMILES string of the molecule is CCOC(=O)c1ccc(NC(=S)NCCc2cnc[nH]2)cc1. The van der Waals surface area contributed by atoms with Crippen molar-refractivity contribution < 1.29 is 9.53 Å². The molecule has 0 fully saturated rings. The first kappa shape index (κ1) is 16.0. The molecule has 0 amide bonds. The Hall–Kier alpha value is -2.41. The fourth-order valence-electron chi connectivity index (χ4n) is 1.81. The van der Waals surface area contributed by atoms with Crippen LogP contribution >= 0.6 is 12.2 Å². The molecule has 7 heteroatoms. The standard InChI is InChI=1S/C15H18N4O2S/c1-2-21-14(20)11-3-5-12(6-4-11)19-15(22)17-8-7-13-9-16-10-18-13/h3-6,9-10H,2,7-8H2,1H3,(H,16,18)(H2,17,19,22). The molecule has 0 bridgehead atoms. The van der Waals surface area contributed by atoms with Crippen LogP contribution in [0.3, 0.4) is 0 Å². The molecule has 2 aromatic rings. The van der Waals surface area contributed by atoms with E-state index in [4.69, 9.17) is 17.0 Å². The van der Waals surface area contributed by atoms with Gasteiger partial charge < -0.3 is 20.4 Å². The molecule has 1 aromatic carbocycles. The van der Waals surface area contributed by atoms with Gasteiger partial charge in [0, 0.05) is 30.5 Å². The Labute approximate surface area is 134 Å². The smallest absolute Gasteiger partial charge is 0.338 e. The Bertz CT molecular complexity index is 611. The van der Waals surface area contributed by atoms with Gasteiger partial charge in [-0.25, -0.2) is 9.78 Å².